The molecule has 12 heteroatoms. The molecule has 0 N–H and O–H groups in total. The number of thioether (sulfide) groups is 1. The van der Waals surface area contributed by atoms with E-state index in [4.69, 9.17) is 9.72 Å². The quantitative estimate of drug-likeness (QED) is 0.261. The average Bonchev–Trinajstić information content (AvgIpc) is 3.28. The fourth-order valence-corrected chi connectivity index (χ4v) is 6.71. The average molecular weight is 574 g/mol. The van der Waals surface area contributed by atoms with Crippen LogP contribution in [-0.2, 0) is 19.4 Å². The van der Waals surface area contributed by atoms with E-state index in [2.05, 4.69) is 11.0 Å². The number of sulfone groups is 1. The number of benzene rings is 2. The Morgan fingerprint density at radius 2 is 1.92 bits per heavy atom. The summed E-state index contributed by atoms with van der Waals surface area (Å²) in [7, 11) is -3.60. The molecule has 1 saturated heterocycles. The molecule has 1 amide bonds. The second-order valence-corrected chi connectivity index (χ2v) is 12.2. The first-order chi connectivity index (χ1) is 16.9. The van der Waals surface area contributed by atoms with Crippen molar-refractivity contribution >= 4 is 66.6 Å². The summed E-state index contributed by atoms with van der Waals surface area (Å²) < 4.78 is 44.8. The Morgan fingerprint density at radius 3 is 2.61 bits per heavy atom. The van der Waals surface area contributed by atoms with Gasteiger partial charge in [-0.25, -0.2) is 17.8 Å². The fourth-order valence-electron chi connectivity index (χ4n) is 3.84. The maximum atomic E-state index is 13.3. The number of hydrogen-bond acceptors (Lipinski definition) is 8. The summed E-state index contributed by atoms with van der Waals surface area (Å²) in [5.41, 5.74) is 0.839. The Bertz CT molecular complexity index is 1270. The van der Waals surface area contributed by atoms with Gasteiger partial charge in [0.15, 0.2) is 15.0 Å². The lowest BCUT2D eigenvalue weighted by atomic mass is 10.3. The molecule has 1 aliphatic rings. The van der Waals surface area contributed by atoms with Gasteiger partial charge in [-0.2, -0.15) is 0 Å². The smallest absolute Gasteiger partial charge is 0.228 e. The number of halogens is 2. The Kier molecular flexibility index (Phi) is 10.5. The van der Waals surface area contributed by atoms with E-state index in [9.17, 15) is 17.6 Å². The molecular weight excluding hydrogens is 545 g/mol. The zero-order valence-corrected chi connectivity index (χ0v) is 23.2. The van der Waals surface area contributed by atoms with Crippen LogP contribution < -0.4 is 4.90 Å². The predicted molar refractivity (Wildman–Crippen MR) is 146 cm³/mol. The molecular formula is C24H29ClFN3O4S3. The van der Waals surface area contributed by atoms with Gasteiger partial charge >= 0.3 is 0 Å². The summed E-state index contributed by atoms with van der Waals surface area (Å²) in [6.07, 6.45) is 2.27. The van der Waals surface area contributed by atoms with Crippen molar-refractivity contribution in [2.75, 3.05) is 56.3 Å². The van der Waals surface area contributed by atoms with Crippen molar-refractivity contribution in [1.82, 2.24) is 9.88 Å². The molecule has 0 unspecified atom stereocenters. The molecule has 0 spiro atoms. The number of carbonyl (C=O) groups excluding carboxylic acids is 1. The molecule has 0 radical (unpaired) electrons. The summed E-state index contributed by atoms with van der Waals surface area (Å²) in [6.45, 7) is 4.14. The molecule has 1 aromatic heterocycles. The minimum absolute atomic E-state index is 0. The van der Waals surface area contributed by atoms with Crippen LogP contribution in [0.4, 0.5) is 9.52 Å². The van der Waals surface area contributed by atoms with Gasteiger partial charge in [-0.15, -0.1) is 24.2 Å². The van der Waals surface area contributed by atoms with Crippen LogP contribution in [0.15, 0.2) is 52.3 Å². The molecule has 4 rings (SSSR count). The molecule has 3 aromatic rings. The zero-order valence-electron chi connectivity index (χ0n) is 19.9. The van der Waals surface area contributed by atoms with E-state index in [0.717, 1.165) is 40.3 Å². The summed E-state index contributed by atoms with van der Waals surface area (Å²) in [4.78, 5) is 23.1. The molecule has 0 bridgehead atoms. The second-order valence-electron chi connectivity index (χ2n) is 8.21. The van der Waals surface area contributed by atoms with Gasteiger partial charge in [0.1, 0.15) is 5.82 Å². The number of rotatable bonds is 10. The minimum Gasteiger partial charge on any atom is -0.379 e. The number of fused-ring (bicyclic) bond motifs is 1. The van der Waals surface area contributed by atoms with Gasteiger partial charge in [0.05, 0.1) is 34.1 Å². The maximum Gasteiger partial charge on any atom is 0.228 e. The number of ether oxygens (including phenoxy) is 1. The maximum absolute atomic E-state index is 13.3. The fraction of sp³-hybridized carbons (Fsp3) is 0.417. The molecule has 36 heavy (non-hydrogen) atoms. The van der Waals surface area contributed by atoms with Crippen LogP contribution in [0.1, 0.15) is 12.8 Å². The van der Waals surface area contributed by atoms with Gasteiger partial charge in [-0.3, -0.25) is 14.6 Å². The number of thiazole rings is 1. The molecule has 0 aliphatic carbocycles. The SMILES string of the molecule is CSc1ccc2nc(N(CCN3CCOCC3)C(=O)CCCS(=O)(=O)c3ccc(F)cc3)sc2c1.Cl. The van der Waals surface area contributed by atoms with E-state index >= 15 is 0 Å². The Balaban J connectivity index is 0.00000361. The summed E-state index contributed by atoms with van der Waals surface area (Å²) in [5.74, 6) is -0.828. The van der Waals surface area contributed by atoms with Crippen molar-refractivity contribution < 1.29 is 22.3 Å². The van der Waals surface area contributed by atoms with E-state index in [0.29, 0.717) is 31.4 Å². The van der Waals surface area contributed by atoms with Crippen molar-refractivity contribution in [1.29, 1.82) is 0 Å². The largest absolute Gasteiger partial charge is 0.379 e. The van der Waals surface area contributed by atoms with Crippen LogP contribution in [0.25, 0.3) is 10.2 Å². The standard InChI is InChI=1S/C24H28FN3O4S3.ClH/c1-33-19-6-9-21-22(17-19)34-24(26-21)28(11-10-27-12-14-32-15-13-27)23(29)3-2-16-35(30,31)20-7-4-18(25)5-8-20;/h4-9,17H,2-3,10-16H2,1H3;1H. The van der Waals surface area contributed by atoms with Gasteiger partial charge < -0.3 is 4.74 Å². The third-order valence-electron chi connectivity index (χ3n) is 5.84. The van der Waals surface area contributed by atoms with Gasteiger partial charge in [0.2, 0.25) is 5.91 Å². The van der Waals surface area contributed by atoms with Gasteiger partial charge in [0.25, 0.3) is 0 Å². The van der Waals surface area contributed by atoms with E-state index in [1.54, 1.807) is 16.7 Å². The Morgan fingerprint density at radius 1 is 1.19 bits per heavy atom. The van der Waals surface area contributed by atoms with Gasteiger partial charge in [-0.05, 0) is 55.1 Å². The third kappa shape index (κ3) is 7.39. The van der Waals surface area contributed by atoms with Gasteiger partial charge in [0, 0.05) is 37.5 Å². The van der Waals surface area contributed by atoms with Crippen molar-refractivity contribution in [3.8, 4) is 0 Å². The molecule has 2 aromatic carbocycles. The molecule has 2 heterocycles. The van der Waals surface area contributed by atoms with Crippen molar-refractivity contribution in [3.05, 3.63) is 48.3 Å². The minimum atomic E-state index is -3.60. The first-order valence-electron chi connectivity index (χ1n) is 11.4. The summed E-state index contributed by atoms with van der Waals surface area (Å²) in [5, 5.41) is 0.623. The molecule has 7 nitrogen and oxygen atoms in total. The van der Waals surface area contributed by atoms with Crippen LogP contribution in [0.2, 0.25) is 0 Å². The number of hydrogen-bond donors (Lipinski definition) is 0. The van der Waals surface area contributed by atoms with E-state index in [1.807, 2.05) is 18.4 Å². The number of morpholine rings is 1. The number of aromatic nitrogens is 1. The molecule has 196 valence electrons. The van der Waals surface area contributed by atoms with Gasteiger partial charge in [-0.1, -0.05) is 11.3 Å². The number of nitrogens with zero attached hydrogens (tertiary/aromatic N) is 3. The monoisotopic (exact) mass is 573 g/mol. The first-order valence-corrected chi connectivity index (χ1v) is 15.1. The van der Waals surface area contributed by atoms with Crippen LogP contribution in [0, 0.1) is 5.82 Å². The zero-order chi connectivity index (χ0) is 24.8. The molecule has 1 aliphatic heterocycles. The highest BCUT2D eigenvalue weighted by Gasteiger charge is 2.23. The Labute approximate surface area is 225 Å². The molecule has 1 fully saturated rings. The van der Waals surface area contributed by atoms with Crippen molar-refractivity contribution in [3.63, 3.8) is 0 Å². The van der Waals surface area contributed by atoms with Crippen LogP contribution >= 0.6 is 35.5 Å². The number of carbonyl (C=O) groups is 1. The summed E-state index contributed by atoms with van der Waals surface area (Å²) in [6, 6.07) is 10.8. The molecule has 0 saturated carbocycles. The van der Waals surface area contributed by atoms with Crippen LogP contribution in [0.3, 0.4) is 0 Å². The lowest BCUT2D eigenvalue weighted by molar-refractivity contribution is -0.118. The Hall–Kier alpha value is -1.76. The highest BCUT2D eigenvalue weighted by Crippen LogP contribution is 2.32. The van der Waals surface area contributed by atoms with Crippen LogP contribution in [0.5, 0.6) is 0 Å². The topological polar surface area (TPSA) is 79.8 Å². The third-order valence-corrected chi connectivity index (χ3v) is 9.42. The van der Waals surface area contributed by atoms with E-state index in [-0.39, 0.29) is 41.8 Å². The number of amides is 1. The highest BCUT2D eigenvalue weighted by molar-refractivity contribution is 7.98. The lowest BCUT2D eigenvalue weighted by Crippen LogP contribution is -2.43. The van der Waals surface area contributed by atoms with E-state index < -0.39 is 15.7 Å². The summed E-state index contributed by atoms with van der Waals surface area (Å²) >= 11 is 3.12. The highest BCUT2D eigenvalue weighted by atomic mass is 35.5. The van der Waals surface area contributed by atoms with E-state index in [1.165, 1.54) is 23.5 Å². The number of anilines is 1. The van der Waals surface area contributed by atoms with Crippen molar-refractivity contribution in [2.45, 2.75) is 22.6 Å². The van der Waals surface area contributed by atoms with Crippen molar-refractivity contribution in [2.24, 2.45) is 0 Å². The second kappa shape index (κ2) is 13.2. The molecule has 0 atom stereocenters. The normalized spacial score (nSPS) is 14.5. The lowest BCUT2D eigenvalue weighted by Gasteiger charge is -2.29. The van der Waals surface area contributed by atoms with Crippen LogP contribution in [-0.4, -0.2) is 75.6 Å². The predicted octanol–water partition coefficient (Wildman–Crippen LogP) is 4.50. The first kappa shape index (κ1) is 28.8.